The van der Waals surface area contributed by atoms with Gasteiger partial charge in [0.2, 0.25) is 0 Å². The fraction of sp³-hybridized carbons (Fsp3) is 0.263. The Hall–Kier alpha value is -2.66. The predicted octanol–water partition coefficient (Wildman–Crippen LogP) is 2.55. The molecule has 0 radical (unpaired) electrons. The number of hydrogen-bond donors (Lipinski definition) is 2. The van der Waals surface area contributed by atoms with Crippen molar-refractivity contribution in [3.05, 3.63) is 65.7 Å². The molecule has 2 rings (SSSR count). The van der Waals surface area contributed by atoms with E-state index in [0.29, 0.717) is 24.3 Å². The summed E-state index contributed by atoms with van der Waals surface area (Å²) >= 11 is 0. The van der Waals surface area contributed by atoms with Crippen molar-refractivity contribution in [1.82, 2.24) is 5.32 Å². The molecule has 0 heterocycles. The van der Waals surface area contributed by atoms with E-state index in [9.17, 15) is 14.7 Å². The normalized spacial score (nSPS) is 11.7. The quantitative estimate of drug-likeness (QED) is 0.692. The Morgan fingerprint density at radius 1 is 1.12 bits per heavy atom. The van der Waals surface area contributed by atoms with Gasteiger partial charge in [0.25, 0.3) is 0 Å². The molecule has 126 valence electrons. The van der Waals surface area contributed by atoms with Gasteiger partial charge in [-0.15, -0.1) is 0 Å². The summed E-state index contributed by atoms with van der Waals surface area (Å²) in [5, 5.41) is 12.3. The van der Waals surface area contributed by atoms with Crippen LogP contribution in [-0.4, -0.2) is 36.6 Å². The number of carbonyl (C=O) groups excluding carboxylic acids is 1. The van der Waals surface area contributed by atoms with Crippen molar-refractivity contribution in [2.45, 2.75) is 18.9 Å². The topological polar surface area (TPSA) is 75.6 Å². The van der Waals surface area contributed by atoms with Crippen LogP contribution in [0.1, 0.15) is 22.3 Å². The van der Waals surface area contributed by atoms with Gasteiger partial charge in [-0.25, -0.2) is 0 Å². The Morgan fingerprint density at radius 3 is 2.54 bits per heavy atom. The molecule has 2 N–H and O–H groups in total. The van der Waals surface area contributed by atoms with E-state index in [1.165, 1.54) is 0 Å². The van der Waals surface area contributed by atoms with Gasteiger partial charge < -0.3 is 15.2 Å². The molecule has 0 aromatic heterocycles. The van der Waals surface area contributed by atoms with Gasteiger partial charge in [0.15, 0.2) is 5.78 Å². The second-order valence-electron chi connectivity index (χ2n) is 5.44. The molecular formula is C19H21NO4. The molecule has 24 heavy (non-hydrogen) atoms. The van der Waals surface area contributed by atoms with Crippen molar-refractivity contribution in [2.75, 3.05) is 13.7 Å². The highest BCUT2D eigenvalue weighted by Gasteiger charge is 2.17. The number of aliphatic carboxylic acids is 1. The van der Waals surface area contributed by atoms with Crippen LogP contribution >= 0.6 is 0 Å². The third-order valence-electron chi connectivity index (χ3n) is 3.72. The van der Waals surface area contributed by atoms with Crippen LogP contribution in [0.25, 0.3) is 0 Å². The number of nitrogens with one attached hydrogen (secondary N) is 1. The maximum Gasteiger partial charge on any atom is 0.321 e. The van der Waals surface area contributed by atoms with E-state index < -0.39 is 12.0 Å². The van der Waals surface area contributed by atoms with Gasteiger partial charge in [-0.1, -0.05) is 42.5 Å². The van der Waals surface area contributed by atoms with Crippen molar-refractivity contribution >= 4 is 11.8 Å². The van der Waals surface area contributed by atoms with Crippen molar-refractivity contribution in [3.63, 3.8) is 0 Å². The van der Waals surface area contributed by atoms with E-state index >= 15 is 0 Å². The maximum atomic E-state index is 12.2. The average molecular weight is 327 g/mol. The summed E-state index contributed by atoms with van der Waals surface area (Å²) < 4.78 is 5.10. The van der Waals surface area contributed by atoms with Gasteiger partial charge in [0.05, 0.1) is 7.11 Å². The third-order valence-corrected chi connectivity index (χ3v) is 3.72. The molecule has 0 bridgehead atoms. The SMILES string of the molecule is COc1cccc(C(=O)CCNC(Cc2ccccc2)C(=O)O)c1. The predicted molar refractivity (Wildman–Crippen MR) is 91.5 cm³/mol. The summed E-state index contributed by atoms with van der Waals surface area (Å²) in [6.07, 6.45) is 0.606. The van der Waals surface area contributed by atoms with Gasteiger partial charge in [0.1, 0.15) is 11.8 Å². The molecule has 0 saturated heterocycles. The van der Waals surface area contributed by atoms with Crippen LogP contribution in [0.4, 0.5) is 0 Å². The Morgan fingerprint density at radius 2 is 1.88 bits per heavy atom. The van der Waals surface area contributed by atoms with E-state index in [-0.39, 0.29) is 12.2 Å². The van der Waals surface area contributed by atoms with E-state index in [4.69, 9.17) is 4.74 Å². The lowest BCUT2D eigenvalue weighted by atomic mass is 10.0. The van der Waals surface area contributed by atoms with Crippen LogP contribution in [0.5, 0.6) is 5.75 Å². The Bertz CT molecular complexity index is 685. The molecule has 0 aliphatic rings. The lowest BCUT2D eigenvalue weighted by Gasteiger charge is -2.14. The number of methoxy groups -OCH3 is 1. The first-order chi connectivity index (χ1) is 11.6. The summed E-state index contributed by atoms with van der Waals surface area (Å²) in [5.41, 5.74) is 1.50. The van der Waals surface area contributed by atoms with E-state index in [0.717, 1.165) is 5.56 Å². The van der Waals surface area contributed by atoms with Crippen molar-refractivity contribution in [1.29, 1.82) is 0 Å². The molecule has 1 atom stereocenters. The minimum atomic E-state index is -0.923. The summed E-state index contributed by atoms with van der Waals surface area (Å²) in [5.74, 6) is -0.348. The fourth-order valence-electron chi connectivity index (χ4n) is 2.40. The van der Waals surface area contributed by atoms with Crippen molar-refractivity contribution < 1.29 is 19.4 Å². The van der Waals surface area contributed by atoms with Gasteiger partial charge in [-0.05, 0) is 24.1 Å². The number of carboxylic acids is 1. The molecule has 2 aromatic carbocycles. The number of benzene rings is 2. The number of ether oxygens (including phenoxy) is 1. The molecule has 0 aliphatic heterocycles. The van der Waals surface area contributed by atoms with Gasteiger partial charge in [-0.2, -0.15) is 0 Å². The van der Waals surface area contributed by atoms with Crippen LogP contribution in [-0.2, 0) is 11.2 Å². The lowest BCUT2D eigenvalue weighted by molar-refractivity contribution is -0.139. The molecule has 0 saturated carbocycles. The zero-order valence-corrected chi connectivity index (χ0v) is 13.6. The highest BCUT2D eigenvalue weighted by Crippen LogP contribution is 2.14. The van der Waals surface area contributed by atoms with Gasteiger partial charge in [-0.3, -0.25) is 9.59 Å². The first-order valence-corrected chi connectivity index (χ1v) is 7.77. The summed E-state index contributed by atoms with van der Waals surface area (Å²) in [6, 6.07) is 15.6. The molecule has 5 heteroatoms. The number of carboxylic acid groups (broad SMARTS) is 1. The molecule has 5 nitrogen and oxygen atoms in total. The number of hydrogen-bond acceptors (Lipinski definition) is 4. The van der Waals surface area contributed by atoms with Crippen LogP contribution in [0, 0.1) is 0 Å². The molecule has 2 aromatic rings. The monoisotopic (exact) mass is 327 g/mol. The maximum absolute atomic E-state index is 12.2. The average Bonchev–Trinajstić information content (AvgIpc) is 2.61. The number of ketones is 1. The summed E-state index contributed by atoms with van der Waals surface area (Å²) in [7, 11) is 1.55. The molecule has 0 amide bonds. The van der Waals surface area contributed by atoms with Crippen LogP contribution < -0.4 is 10.1 Å². The van der Waals surface area contributed by atoms with Crippen LogP contribution in [0.15, 0.2) is 54.6 Å². The standard InChI is InChI=1S/C19H21NO4/c1-24-16-9-5-8-15(13-16)18(21)10-11-20-17(19(22)23)12-14-6-3-2-4-7-14/h2-9,13,17,20H,10-12H2,1H3,(H,22,23). The molecule has 0 spiro atoms. The van der Waals surface area contributed by atoms with Crippen molar-refractivity contribution in [2.24, 2.45) is 0 Å². The van der Waals surface area contributed by atoms with E-state index in [2.05, 4.69) is 5.32 Å². The zero-order chi connectivity index (χ0) is 17.4. The highest BCUT2D eigenvalue weighted by molar-refractivity contribution is 5.96. The fourth-order valence-corrected chi connectivity index (χ4v) is 2.40. The third kappa shape index (κ3) is 5.21. The van der Waals surface area contributed by atoms with Gasteiger partial charge >= 0.3 is 5.97 Å². The largest absolute Gasteiger partial charge is 0.497 e. The number of Topliss-reactive ketones (excluding diaryl/α,β-unsaturated/α-hetero) is 1. The first kappa shape index (κ1) is 17.7. The van der Waals surface area contributed by atoms with E-state index in [1.54, 1.807) is 31.4 Å². The van der Waals surface area contributed by atoms with Crippen molar-refractivity contribution in [3.8, 4) is 5.75 Å². The smallest absolute Gasteiger partial charge is 0.321 e. The number of rotatable bonds is 9. The Balaban J connectivity index is 1.88. The highest BCUT2D eigenvalue weighted by atomic mass is 16.5. The Kier molecular flexibility index (Phi) is 6.51. The number of carbonyl (C=O) groups is 2. The molecule has 1 unspecified atom stereocenters. The summed E-state index contributed by atoms with van der Waals surface area (Å²) in [6.45, 7) is 0.305. The second-order valence-corrected chi connectivity index (χ2v) is 5.44. The molecule has 0 fully saturated rings. The molecular weight excluding hydrogens is 306 g/mol. The van der Waals surface area contributed by atoms with E-state index in [1.807, 2.05) is 30.3 Å². The Labute approximate surface area is 141 Å². The lowest BCUT2D eigenvalue weighted by Crippen LogP contribution is -2.39. The minimum absolute atomic E-state index is 0.0507. The molecule has 0 aliphatic carbocycles. The zero-order valence-electron chi connectivity index (χ0n) is 13.6. The summed E-state index contributed by atoms with van der Waals surface area (Å²) in [4.78, 5) is 23.5. The first-order valence-electron chi connectivity index (χ1n) is 7.77. The van der Waals surface area contributed by atoms with Gasteiger partial charge in [0, 0.05) is 18.5 Å². The second kappa shape index (κ2) is 8.84. The minimum Gasteiger partial charge on any atom is -0.497 e. The van der Waals surface area contributed by atoms with Crippen LogP contribution in [0.2, 0.25) is 0 Å². The van der Waals surface area contributed by atoms with Crippen LogP contribution in [0.3, 0.4) is 0 Å².